The van der Waals surface area contributed by atoms with Gasteiger partial charge in [0.25, 0.3) is 5.91 Å². The third-order valence-corrected chi connectivity index (χ3v) is 3.06. The summed E-state index contributed by atoms with van der Waals surface area (Å²) in [4.78, 5) is 18.2. The minimum absolute atomic E-state index is 0.0810. The SMILES string of the molecule is Cc1ncccc1C(=O)N1CCC(N)CC1. The van der Waals surface area contributed by atoms with E-state index in [-0.39, 0.29) is 11.9 Å². The van der Waals surface area contributed by atoms with E-state index in [9.17, 15) is 4.79 Å². The first-order valence-electron chi connectivity index (χ1n) is 5.65. The van der Waals surface area contributed by atoms with Crippen molar-refractivity contribution in [3.63, 3.8) is 0 Å². The van der Waals surface area contributed by atoms with Crippen molar-refractivity contribution in [1.29, 1.82) is 0 Å². The Bertz CT molecular complexity index is 384. The summed E-state index contributed by atoms with van der Waals surface area (Å²) < 4.78 is 0. The lowest BCUT2D eigenvalue weighted by Gasteiger charge is -2.30. The fourth-order valence-corrected chi connectivity index (χ4v) is 1.98. The molecule has 16 heavy (non-hydrogen) atoms. The topological polar surface area (TPSA) is 59.2 Å². The second-order valence-corrected chi connectivity index (χ2v) is 4.27. The molecule has 1 amide bonds. The average molecular weight is 219 g/mol. The van der Waals surface area contributed by atoms with Gasteiger partial charge in [-0.25, -0.2) is 0 Å². The molecule has 86 valence electrons. The van der Waals surface area contributed by atoms with Crippen LogP contribution in [0.1, 0.15) is 28.9 Å². The Morgan fingerprint density at radius 2 is 2.19 bits per heavy atom. The van der Waals surface area contributed by atoms with Crippen molar-refractivity contribution in [3.05, 3.63) is 29.6 Å². The summed E-state index contributed by atoms with van der Waals surface area (Å²) in [6, 6.07) is 3.88. The summed E-state index contributed by atoms with van der Waals surface area (Å²) in [5, 5.41) is 0. The molecule has 2 N–H and O–H groups in total. The summed E-state index contributed by atoms with van der Waals surface area (Å²) in [7, 11) is 0. The molecule has 0 aliphatic carbocycles. The summed E-state index contributed by atoms with van der Waals surface area (Å²) in [6.07, 6.45) is 3.49. The number of aromatic nitrogens is 1. The van der Waals surface area contributed by atoms with Gasteiger partial charge in [-0.15, -0.1) is 0 Å². The van der Waals surface area contributed by atoms with Crippen LogP contribution in [0, 0.1) is 6.92 Å². The van der Waals surface area contributed by atoms with E-state index < -0.39 is 0 Å². The van der Waals surface area contributed by atoms with Crippen LogP contribution in [-0.2, 0) is 0 Å². The molecule has 0 bridgehead atoms. The number of rotatable bonds is 1. The van der Waals surface area contributed by atoms with Crippen LogP contribution in [0.5, 0.6) is 0 Å². The highest BCUT2D eigenvalue weighted by molar-refractivity contribution is 5.95. The number of hydrogen-bond donors (Lipinski definition) is 1. The highest BCUT2D eigenvalue weighted by atomic mass is 16.2. The standard InChI is InChI=1S/C12H17N3O/c1-9-11(3-2-6-14-9)12(16)15-7-4-10(13)5-8-15/h2-3,6,10H,4-5,7-8,13H2,1H3. The number of hydrogen-bond acceptors (Lipinski definition) is 3. The van der Waals surface area contributed by atoms with E-state index in [1.807, 2.05) is 17.9 Å². The number of nitrogens with zero attached hydrogens (tertiary/aromatic N) is 2. The molecule has 0 radical (unpaired) electrons. The van der Waals surface area contributed by atoms with Crippen LogP contribution < -0.4 is 5.73 Å². The van der Waals surface area contributed by atoms with Gasteiger partial charge in [0.15, 0.2) is 0 Å². The third-order valence-electron chi connectivity index (χ3n) is 3.06. The molecule has 0 spiro atoms. The molecule has 1 aliphatic heterocycles. The molecule has 2 heterocycles. The van der Waals surface area contributed by atoms with Gasteiger partial charge in [-0.3, -0.25) is 9.78 Å². The fraction of sp³-hybridized carbons (Fsp3) is 0.500. The summed E-state index contributed by atoms with van der Waals surface area (Å²) in [5.41, 5.74) is 7.32. The van der Waals surface area contributed by atoms with Crippen molar-refractivity contribution in [2.75, 3.05) is 13.1 Å². The van der Waals surface area contributed by atoms with Crippen molar-refractivity contribution in [3.8, 4) is 0 Å². The van der Waals surface area contributed by atoms with Gasteiger partial charge in [-0.05, 0) is 31.9 Å². The van der Waals surface area contributed by atoms with Crippen molar-refractivity contribution >= 4 is 5.91 Å². The van der Waals surface area contributed by atoms with Crippen molar-refractivity contribution in [2.45, 2.75) is 25.8 Å². The first-order chi connectivity index (χ1) is 7.68. The van der Waals surface area contributed by atoms with E-state index in [0.717, 1.165) is 31.6 Å². The summed E-state index contributed by atoms with van der Waals surface area (Å²) >= 11 is 0. The van der Waals surface area contributed by atoms with Crippen LogP contribution in [0.15, 0.2) is 18.3 Å². The first kappa shape index (κ1) is 11.1. The van der Waals surface area contributed by atoms with Gasteiger partial charge in [-0.2, -0.15) is 0 Å². The van der Waals surface area contributed by atoms with Crippen LogP contribution in [0.25, 0.3) is 0 Å². The first-order valence-corrected chi connectivity index (χ1v) is 5.65. The predicted molar refractivity (Wildman–Crippen MR) is 62.1 cm³/mol. The van der Waals surface area contributed by atoms with E-state index in [1.54, 1.807) is 12.3 Å². The molecule has 0 atom stereocenters. The number of piperidine rings is 1. The zero-order chi connectivity index (χ0) is 11.5. The molecule has 1 saturated heterocycles. The lowest BCUT2D eigenvalue weighted by Crippen LogP contribution is -2.43. The number of pyridine rings is 1. The minimum Gasteiger partial charge on any atom is -0.338 e. The molecular weight excluding hydrogens is 202 g/mol. The maximum atomic E-state index is 12.2. The zero-order valence-electron chi connectivity index (χ0n) is 9.52. The van der Waals surface area contributed by atoms with E-state index in [2.05, 4.69) is 4.98 Å². The highest BCUT2D eigenvalue weighted by Gasteiger charge is 2.22. The van der Waals surface area contributed by atoms with Gasteiger partial charge in [-0.1, -0.05) is 0 Å². The zero-order valence-corrected chi connectivity index (χ0v) is 9.52. The van der Waals surface area contributed by atoms with Gasteiger partial charge in [0.1, 0.15) is 0 Å². The van der Waals surface area contributed by atoms with E-state index in [4.69, 9.17) is 5.73 Å². The average Bonchev–Trinajstić information content (AvgIpc) is 2.30. The Morgan fingerprint density at radius 1 is 1.50 bits per heavy atom. The number of carbonyl (C=O) groups excluding carboxylic acids is 1. The molecule has 0 unspecified atom stereocenters. The summed E-state index contributed by atoms with van der Waals surface area (Å²) in [5.74, 6) is 0.0810. The van der Waals surface area contributed by atoms with Gasteiger partial charge in [0.05, 0.1) is 5.56 Å². The van der Waals surface area contributed by atoms with E-state index in [1.165, 1.54) is 0 Å². The predicted octanol–water partition coefficient (Wildman–Crippen LogP) is 0.953. The van der Waals surface area contributed by atoms with Gasteiger partial charge in [0.2, 0.25) is 0 Å². The Hall–Kier alpha value is -1.42. The Balaban J connectivity index is 2.11. The molecule has 2 rings (SSSR count). The second-order valence-electron chi connectivity index (χ2n) is 4.27. The molecule has 1 aromatic rings. The molecule has 1 aromatic heterocycles. The van der Waals surface area contributed by atoms with E-state index in [0.29, 0.717) is 5.56 Å². The maximum Gasteiger partial charge on any atom is 0.255 e. The minimum atomic E-state index is 0.0810. The number of likely N-dealkylation sites (tertiary alicyclic amines) is 1. The lowest BCUT2D eigenvalue weighted by molar-refractivity contribution is 0.0713. The van der Waals surface area contributed by atoms with Gasteiger partial charge < -0.3 is 10.6 Å². The number of carbonyl (C=O) groups is 1. The van der Waals surface area contributed by atoms with Crippen LogP contribution in [0.2, 0.25) is 0 Å². The normalized spacial score (nSPS) is 17.5. The molecule has 0 saturated carbocycles. The van der Waals surface area contributed by atoms with E-state index >= 15 is 0 Å². The molecule has 4 nitrogen and oxygen atoms in total. The number of nitrogens with two attached hydrogens (primary N) is 1. The third kappa shape index (κ3) is 2.22. The smallest absolute Gasteiger partial charge is 0.255 e. The van der Waals surface area contributed by atoms with Gasteiger partial charge in [0, 0.05) is 31.0 Å². The summed E-state index contributed by atoms with van der Waals surface area (Å²) in [6.45, 7) is 3.38. The lowest BCUT2D eigenvalue weighted by atomic mass is 10.0. The van der Waals surface area contributed by atoms with Crippen molar-refractivity contribution < 1.29 is 4.79 Å². The highest BCUT2D eigenvalue weighted by Crippen LogP contribution is 2.14. The molecular formula is C12H17N3O. The fourth-order valence-electron chi connectivity index (χ4n) is 1.98. The Morgan fingerprint density at radius 3 is 2.81 bits per heavy atom. The van der Waals surface area contributed by atoms with Crippen LogP contribution in [0.4, 0.5) is 0 Å². The van der Waals surface area contributed by atoms with Gasteiger partial charge >= 0.3 is 0 Å². The Kier molecular flexibility index (Phi) is 3.19. The van der Waals surface area contributed by atoms with Crippen molar-refractivity contribution in [1.82, 2.24) is 9.88 Å². The second kappa shape index (κ2) is 4.61. The molecule has 1 fully saturated rings. The quantitative estimate of drug-likeness (QED) is 0.765. The largest absolute Gasteiger partial charge is 0.338 e. The maximum absolute atomic E-state index is 12.2. The van der Waals surface area contributed by atoms with Crippen molar-refractivity contribution in [2.24, 2.45) is 5.73 Å². The number of amides is 1. The number of aryl methyl sites for hydroxylation is 1. The van der Waals surface area contributed by atoms with Crippen LogP contribution >= 0.6 is 0 Å². The molecule has 0 aromatic carbocycles. The Labute approximate surface area is 95.5 Å². The molecule has 1 aliphatic rings. The van der Waals surface area contributed by atoms with Crippen LogP contribution in [-0.4, -0.2) is 34.9 Å². The monoisotopic (exact) mass is 219 g/mol. The van der Waals surface area contributed by atoms with Crippen LogP contribution in [0.3, 0.4) is 0 Å². The molecule has 4 heteroatoms.